The summed E-state index contributed by atoms with van der Waals surface area (Å²) in [5, 5.41) is 16.0. The number of fused-ring (bicyclic) bond motifs is 1. The van der Waals surface area contributed by atoms with Crippen LogP contribution in [-0.4, -0.2) is 15.1 Å². The van der Waals surface area contributed by atoms with E-state index in [1.54, 1.807) is 12.4 Å². The van der Waals surface area contributed by atoms with Crippen LogP contribution in [0.2, 0.25) is 5.02 Å². The number of aromatic nitrogens is 2. The summed E-state index contributed by atoms with van der Waals surface area (Å²) in [5.74, 6) is 0.155. The number of hydrogen-bond acceptors (Lipinski definition) is 4. The normalized spacial score (nSPS) is 12.1. The lowest BCUT2D eigenvalue weighted by atomic mass is 9.99. The standard InChI is InChI=1S/C22H18ClN3O/c1-14-13-16(23)8-10-18(14)26-21(19-6-2-3-11-24-19)17-9-7-15-5-4-12-25-20(15)22(17)27/h2-13,21,26-27H,1H3/t21-/m0/s1. The Morgan fingerprint density at radius 1 is 0.963 bits per heavy atom. The number of phenols is 1. The number of halogens is 1. The van der Waals surface area contributed by atoms with Gasteiger partial charge < -0.3 is 10.4 Å². The third-order valence-corrected chi connectivity index (χ3v) is 4.80. The largest absolute Gasteiger partial charge is 0.505 e. The van der Waals surface area contributed by atoms with Gasteiger partial charge in [-0.2, -0.15) is 0 Å². The van der Waals surface area contributed by atoms with Crippen LogP contribution in [0.1, 0.15) is 22.9 Å². The van der Waals surface area contributed by atoms with Gasteiger partial charge in [-0.3, -0.25) is 9.97 Å². The number of aromatic hydroxyl groups is 1. The van der Waals surface area contributed by atoms with E-state index in [1.807, 2.05) is 67.6 Å². The Labute approximate surface area is 162 Å². The van der Waals surface area contributed by atoms with E-state index < -0.39 is 0 Å². The molecule has 134 valence electrons. The number of phenolic OH excluding ortho intramolecular Hbond substituents is 1. The molecule has 0 saturated heterocycles. The lowest BCUT2D eigenvalue weighted by Gasteiger charge is -2.22. The Bertz CT molecular complexity index is 1100. The quantitative estimate of drug-likeness (QED) is 0.494. The number of nitrogens with one attached hydrogen (secondary N) is 1. The van der Waals surface area contributed by atoms with Gasteiger partial charge in [-0.25, -0.2) is 0 Å². The molecule has 2 aromatic heterocycles. The van der Waals surface area contributed by atoms with E-state index in [0.29, 0.717) is 16.1 Å². The molecule has 4 nitrogen and oxygen atoms in total. The van der Waals surface area contributed by atoms with Gasteiger partial charge in [0.25, 0.3) is 0 Å². The molecular formula is C22H18ClN3O. The fourth-order valence-electron chi connectivity index (χ4n) is 3.18. The number of benzene rings is 2. The van der Waals surface area contributed by atoms with Crippen LogP contribution in [-0.2, 0) is 0 Å². The van der Waals surface area contributed by atoms with Gasteiger partial charge >= 0.3 is 0 Å². The Hall–Kier alpha value is -3.11. The van der Waals surface area contributed by atoms with E-state index in [-0.39, 0.29) is 11.8 Å². The summed E-state index contributed by atoms with van der Waals surface area (Å²) in [6, 6.07) is 18.7. The van der Waals surface area contributed by atoms with Gasteiger partial charge in [0.05, 0.1) is 11.7 Å². The lowest BCUT2D eigenvalue weighted by molar-refractivity contribution is 0.471. The van der Waals surface area contributed by atoms with Crippen LogP contribution in [0.4, 0.5) is 5.69 Å². The minimum Gasteiger partial charge on any atom is -0.505 e. The summed E-state index contributed by atoms with van der Waals surface area (Å²) in [5.41, 5.74) is 4.04. The number of rotatable bonds is 4. The first kappa shape index (κ1) is 17.3. The van der Waals surface area contributed by atoms with Crippen LogP contribution in [0.25, 0.3) is 10.9 Å². The molecule has 2 heterocycles. The van der Waals surface area contributed by atoms with Gasteiger partial charge in [0.2, 0.25) is 0 Å². The van der Waals surface area contributed by atoms with Crippen molar-refractivity contribution >= 4 is 28.2 Å². The second-order valence-corrected chi connectivity index (χ2v) is 6.81. The van der Waals surface area contributed by atoms with Crippen molar-refractivity contribution in [3.05, 3.63) is 94.9 Å². The van der Waals surface area contributed by atoms with Crippen molar-refractivity contribution in [3.63, 3.8) is 0 Å². The molecule has 5 heteroatoms. The van der Waals surface area contributed by atoms with Crippen molar-refractivity contribution in [2.75, 3.05) is 5.32 Å². The van der Waals surface area contributed by atoms with Crippen LogP contribution in [0.5, 0.6) is 5.75 Å². The molecule has 2 aromatic carbocycles. The maximum absolute atomic E-state index is 10.9. The van der Waals surface area contributed by atoms with E-state index in [2.05, 4.69) is 15.3 Å². The second-order valence-electron chi connectivity index (χ2n) is 6.37. The predicted molar refractivity (Wildman–Crippen MR) is 109 cm³/mol. The van der Waals surface area contributed by atoms with Crippen molar-refractivity contribution in [2.45, 2.75) is 13.0 Å². The van der Waals surface area contributed by atoms with Crippen molar-refractivity contribution in [1.29, 1.82) is 0 Å². The molecular weight excluding hydrogens is 358 g/mol. The van der Waals surface area contributed by atoms with E-state index in [4.69, 9.17) is 11.6 Å². The van der Waals surface area contributed by atoms with Crippen molar-refractivity contribution in [3.8, 4) is 5.75 Å². The summed E-state index contributed by atoms with van der Waals surface area (Å²) >= 11 is 6.09. The number of nitrogens with zero attached hydrogens (tertiary/aromatic N) is 2. The van der Waals surface area contributed by atoms with E-state index >= 15 is 0 Å². The minimum absolute atomic E-state index is 0.155. The maximum Gasteiger partial charge on any atom is 0.147 e. The molecule has 4 aromatic rings. The summed E-state index contributed by atoms with van der Waals surface area (Å²) in [7, 11) is 0. The maximum atomic E-state index is 10.9. The summed E-state index contributed by atoms with van der Waals surface area (Å²) < 4.78 is 0. The molecule has 0 aliphatic rings. The Kier molecular flexibility index (Phi) is 4.65. The Morgan fingerprint density at radius 3 is 2.59 bits per heavy atom. The molecule has 0 amide bonds. The fraction of sp³-hybridized carbons (Fsp3) is 0.0909. The number of hydrogen-bond donors (Lipinski definition) is 2. The molecule has 2 N–H and O–H groups in total. The highest BCUT2D eigenvalue weighted by Crippen LogP contribution is 2.36. The zero-order valence-electron chi connectivity index (χ0n) is 14.7. The van der Waals surface area contributed by atoms with E-state index in [1.165, 1.54) is 0 Å². The van der Waals surface area contributed by atoms with Gasteiger partial charge in [-0.1, -0.05) is 35.9 Å². The summed E-state index contributed by atoms with van der Waals surface area (Å²) in [4.78, 5) is 8.84. The highest BCUT2D eigenvalue weighted by atomic mass is 35.5. The van der Waals surface area contributed by atoms with E-state index in [9.17, 15) is 5.11 Å². The average molecular weight is 376 g/mol. The Morgan fingerprint density at radius 2 is 1.81 bits per heavy atom. The van der Waals surface area contributed by atoms with Crippen LogP contribution in [0.15, 0.2) is 73.1 Å². The van der Waals surface area contributed by atoms with Gasteiger partial charge in [0, 0.05) is 34.1 Å². The zero-order chi connectivity index (χ0) is 18.8. The third kappa shape index (κ3) is 3.44. The first-order chi connectivity index (χ1) is 13.1. The fourth-order valence-corrected chi connectivity index (χ4v) is 3.41. The van der Waals surface area contributed by atoms with Crippen LogP contribution < -0.4 is 5.32 Å². The summed E-state index contributed by atoms with van der Waals surface area (Å²) in [6.45, 7) is 1.99. The molecule has 1 atom stereocenters. The zero-order valence-corrected chi connectivity index (χ0v) is 15.5. The lowest BCUT2D eigenvalue weighted by Crippen LogP contribution is -2.15. The SMILES string of the molecule is Cc1cc(Cl)ccc1N[C@H](c1ccccn1)c1ccc2cccnc2c1O. The Balaban J connectivity index is 1.85. The van der Waals surface area contributed by atoms with Crippen LogP contribution >= 0.6 is 11.6 Å². The van der Waals surface area contributed by atoms with Crippen molar-refractivity contribution < 1.29 is 5.11 Å². The average Bonchev–Trinajstić information content (AvgIpc) is 2.69. The molecule has 4 rings (SSSR count). The van der Waals surface area contributed by atoms with Gasteiger partial charge in [0.15, 0.2) is 0 Å². The number of aryl methyl sites for hydroxylation is 1. The van der Waals surface area contributed by atoms with Crippen molar-refractivity contribution in [1.82, 2.24) is 9.97 Å². The van der Waals surface area contributed by atoms with Crippen LogP contribution in [0.3, 0.4) is 0 Å². The smallest absolute Gasteiger partial charge is 0.147 e. The highest BCUT2D eigenvalue weighted by Gasteiger charge is 2.21. The molecule has 0 aliphatic carbocycles. The molecule has 0 fully saturated rings. The first-order valence-corrected chi connectivity index (χ1v) is 9.01. The third-order valence-electron chi connectivity index (χ3n) is 4.56. The van der Waals surface area contributed by atoms with Gasteiger partial charge in [-0.15, -0.1) is 0 Å². The highest BCUT2D eigenvalue weighted by molar-refractivity contribution is 6.30. The molecule has 0 spiro atoms. The minimum atomic E-state index is -0.336. The monoisotopic (exact) mass is 375 g/mol. The topological polar surface area (TPSA) is 58.0 Å². The van der Waals surface area contributed by atoms with Crippen molar-refractivity contribution in [2.24, 2.45) is 0 Å². The molecule has 0 radical (unpaired) electrons. The number of anilines is 1. The molecule has 0 saturated carbocycles. The van der Waals surface area contributed by atoms with Crippen LogP contribution in [0, 0.1) is 6.92 Å². The molecule has 0 unspecified atom stereocenters. The predicted octanol–water partition coefficient (Wildman–Crippen LogP) is 5.50. The number of pyridine rings is 2. The van der Waals surface area contributed by atoms with E-state index in [0.717, 1.165) is 22.3 Å². The summed E-state index contributed by atoms with van der Waals surface area (Å²) in [6.07, 6.45) is 3.42. The second kappa shape index (κ2) is 7.25. The molecule has 0 bridgehead atoms. The van der Waals surface area contributed by atoms with Gasteiger partial charge in [0.1, 0.15) is 11.3 Å². The first-order valence-electron chi connectivity index (χ1n) is 8.63. The van der Waals surface area contributed by atoms with Gasteiger partial charge in [-0.05, 0) is 48.9 Å². The molecule has 27 heavy (non-hydrogen) atoms. The molecule has 0 aliphatic heterocycles.